The van der Waals surface area contributed by atoms with Crippen molar-refractivity contribution >= 4 is 5.91 Å². The van der Waals surface area contributed by atoms with Crippen LogP contribution in [-0.4, -0.2) is 37.0 Å². The van der Waals surface area contributed by atoms with Gasteiger partial charge in [-0.25, -0.2) is 0 Å². The van der Waals surface area contributed by atoms with E-state index in [1.54, 1.807) is 0 Å². The van der Waals surface area contributed by atoms with E-state index in [2.05, 4.69) is 17.3 Å². The lowest BCUT2D eigenvalue weighted by Gasteiger charge is -2.23. The lowest BCUT2D eigenvalue weighted by atomic mass is 10.0. The van der Waals surface area contributed by atoms with Crippen molar-refractivity contribution in [2.75, 3.05) is 20.1 Å². The molecule has 3 N–H and O–H groups in total. The summed E-state index contributed by atoms with van der Waals surface area (Å²) in [7, 11) is 2.16. The molecule has 1 aromatic rings. The minimum absolute atomic E-state index is 0.0794. The van der Waals surface area contributed by atoms with Crippen LogP contribution < -0.4 is 11.1 Å². The molecule has 0 spiro atoms. The SMILES string of the molecule is CN(CCNC(=O)Cc1ccccc1CN)C1CCCC1. The van der Waals surface area contributed by atoms with E-state index in [0.717, 1.165) is 24.2 Å². The van der Waals surface area contributed by atoms with Gasteiger partial charge >= 0.3 is 0 Å². The van der Waals surface area contributed by atoms with Crippen LogP contribution in [0.2, 0.25) is 0 Å². The van der Waals surface area contributed by atoms with E-state index >= 15 is 0 Å². The Bertz CT molecular complexity index is 455. The average molecular weight is 289 g/mol. The van der Waals surface area contributed by atoms with Crippen molar-refractivity contribution in [1.82, 2.24) is 10.2 Å². The first-order chi connectivity index (χ1) is 10.2. The third kappa shape index (κ3) is 4.83. The van der Waals surface area contributed by atoms with E-state index in [0.29, 0.717) is 19.0 Å². The molecular formula is C17H27N3O. The third-order valence-electron chi connectivity index (χ3n) is 4.42. The Morgan fingerprint density at radius 1 is 1.29 bits per heavy atom. The number of nitrogens with zero attached hydrogens (tertiary/aromatic N) is 1. The van der Waals surface area contributed by atoms with Gasteiger partial charge in [0.2, 0.25) is 5.91 Å². The fourth-order valence-electron chi connectivity index (χ4n) is 3.06. The van der Waals surface area contributed by atoms with Gasteiger partial charge in [-0.3, -0.25) is 4.79 Å². The Morgan fingerprint density at radius 3 is 2.62 bits per heavy atom. The number of carbonyl (C=O) groups excluding carboxylic acids is 1. The molecule has 21 heavy (non-hydrogen) atoms. The Morgan fingerprint density at radius 2 is 1.95 bits per heavy atom. The monoisotopic (exact) mass is 289 g/mol. The molecule has 0 aliphatic heterocycles. The summed E-state index contributed by atoms with van der Waals surface area (Å²) in [6.45, 7) is 2.12. The fourth-order valence-corrected chi connectivity index (χ4v) is 3.06. The molecule has 2 rings (SSSR count). The summed E-state index contributed by atoms with van der Waals surface area (Å²) in [5.41, 5.74) is 7.78. The van der Waals surface area contributed by atoms with Gasteiger partial charge in [-0.15, -0.1) is 0 Å². The molecule has 0 aromatic heterocycles. The van der Waals surface area contributed by atoms with E-state index < -0.39 is 0 Å². The highest BCUT2D eigenvalue weighted by Crippen LogP contribution is 2.21. The van der Waals surface area contributed by atoms with Crippen LogP contribution in [-0.2, 0) is 17.8 Å². The number of benzene rings is 1. The summed E-state index contributed by atoms with van der Waals surface area (Å²) in [4.78, 5) is 14.4. The zero-order valence-electron chi connectivity index (χ0n) is 13.0. The third-order valence-corrected chi connectivity index (χ3v) is 4.42. The maximum Gasteiger partial charge on any atom is 0.224 e. The predicted molar refractivity (Wildman–Crippen MR) is 85.9 cm³/mol. The van der Waals surface area contributed by atoms with Crippen LogP contribution in [0.3, 0.4) is 0 Å². The largest absolute Gasteiger partial charge is 0.355 e. The summed E-state index contributed by atoms with van der Waals surface area (Å²) in [6.07, 6.45) is 5.71. The average Bonchev–Trinajstić information content (AvgIpc) is 3.02. The molecule has 4 heteroatoms. The standard InChI is InChI=1S/C17H27N3O/c1-20(16-8-4-5-9-16)11-10-19-17(21)12-14-6-2-3-7-15(14)13-18/h2-3,6-7,16H,4-5,8-13,18H2,1H3,(H,19,21). The lowest BCUT2D eigenvalue weighted by Crippen LogP contribution is -2.37. The summed E-state index contributed by atoms with van der Waals surface area (Å²) >= 11 is 0. The predicted octanol–water partition coefficient (Wildman–Crippen LogP) is 1.68. The molecule has 4 nitrogen and oxygen atoms in total. The number of nitrogens with one attached hydrogen (secondary N) is 1. The normalized spacial score (nSPS) is 15.6. The Labute approximate surface area is 127 Å². The van der Waals surface area contributed by atoms with Gasteiger partial charge in [0.25, 0.3) is 0 Å². The minimum Gasteiger partial charge on any atom is -0.355 e. The summed E-state index contributed by atoms with van der Waals surface area (Å²) < 4.78 is 0. The van der Waals surface area contributed by atoms with Crippen molar-refractivity contribution in [3.05, 3.63) is 35.4 Å². The van der Waals surface area contributed by atoms with E-state index in [1.165, 1.54) is 25.7 Å². The van der Waals surface area contributed by atoms with Crippen molar-refractivity contribution in [2.45, 2.75) is 44.7 Å². The molecule has 1 saturated carbocycles. The maximum atomic E-state index is 12.0. The molecule has 116 valence electrons. The van der Waals surface area contributed by atoms with Crippen LogP contribution in [0.5, 0.6) is 0 Å². The van der Waals surface area contributed by atoms with Crippen molar-refractivity contribution < 1.29 is 4.79 Å². The van der Waals surface area contributed by atoms with Gasteiger partial charge in [-0.2, -0.15) is 0 Å². The van der Waals surface area contributed by atoms with Crippen LogP contribution in [0.4, 0.5) is 0 Å². The van der Waals surface area contributed by atoms with Crippen LogP contribution in [0.1, 0.15) is 36.8 Å². The fraction of sp³-hybridized carbons (Fsp3) is 0.588. The first-order valence-corrected chi connectivity index (χ1v) is 7.94. The zero-order chi connectivity index (χ0) is 15.1. The smallest absolute Gasteiger partial charge is 0.224 e. The number of likely N-dealkylation sites (N-methyl/N-ethyl adjacent to an activating group) is 1. The molecular weight excluding hydrogens is 262 g/mol. The van der Waals surface area contributed by atoms with Gasteiger partial charge < -0.3 is 16.0 Å². The van der Waals surface area contributed by atoms with E-state index in [4.69, 9.17) is 5.73 Å². The highest BCUT2D eigenvalue weighted by atomic mass is 16.1. The molecule has 1 aliphatic rings. The van der Waals surface area contributed by atoms with Crippen molar-refractivity contribution in [3.8, 4) is 0 Å². The summed E-state index contributed by atoms with van der Waals surface area (Å²) in [5, 5.41) is 3.02. The number of hydrogen-bond acceptors (Lipinski definition) is 3. The van der Waals surface area contributed by atoms with Crippen molar-refractivity contribution in [3.63, 3.8) is 0 Å². The summed E-state index contributed by atoms with van der Waals surface area (Å²) in [5.74, 6) is 0.0794. The molecule has 0 atom stereocenters. The lowest BCUT2D eigenvalue weighted by molar-refractivity contribution is -0.120. The van der Waals surface area contributed by atoms with Gasteiger partial charge in [0.15, 0.2) is 0 Å². The number of carbonyl (C=O) groups is 1. The van der Waals surface area contributed by atoms with Gasteiger partial charge in [0.05, 0.1) is 6.42 Å². The second kappa shape index (κ2) is 8.15. The van der Waals surface area contributed by atoms with Crippen LogP contribution in [0.25, 0.3) is 0 Å². The first-order valence-electron chi connectivity index (χ1n) is 7.94. The number of nitrogens with two attached hydrogens (primary N) is 1. The van der Waals surface area contributed by atoms with Gasteiger partial charge in [-0.05, 0) is 31.0 Å². The molecule has 0 heterocycles. The first kappa shape index (κ1) is 16.0. The highest BCUT2D eigenvalue weighted by Gasteiger charge is 2.19. The molecule has 0 bridgehead atoms. The van der Waals surface area contributed by atoms with Crippen LogP contribution >= 0.6 is 0 Å². The molecule has 1 aliphatic carbocycles. The molecule has 1 amide bonds. The zero-order valence-corrected chi connectivity index (χ0v) is 13.0. The molecule has 0 saturated heterocycles. The minimum atomic E-state index is 0.0794. The van der Waals surface area contributed by atoms with Crippen molar-refractivity contribution in [2.24, 2.45) is 5.73 Å². The Balaban J connectivity index is 1.72. The van der Waals surface area contributed by atoms with Crippen LogP contribution in [0.15, 0.2) is 24.3 Å². The van der Waals surface area contributed by atoms with Crippen LogP contribution in [0, 0.1) is 0 Å². The van der Waals surface area contributed by atoms with Crippen molar-refractivity contribution in [1.29, 1.82) is 0 Å². The van der Waals surface area contributed by atoms with E-state index in [9.17, 15) is 4.79 Å². The van der Waals surface area contributed by atoms with Gasteiger partial charge in [0, 0.05) is 25.7 Å². The quantitative estimate of drug-likeness (QED) is 0.803. The van der Waals surface area contributed by atoms with Gasteiger partial charge in [-0.1, -0.05) is 37.1 Å². The second-order valence-corrected chi connectivity index (χ2v) is 5.92. The Hall–Kier alpha value is -1.39. The van der Waals surface area contributed by atoms with E-state index in [1.807, 2.05) is 24.3 Å². The number of hydrogen-bond donors (Lipinski definition) is 2. The molecule has 0 radical (unpaired) electrons. The summed E-state index contributed by atoms with van der Waals surface area (Å²) in [6, 6.07) is 8.58. The van der Waals surface area contributed by atoms with Gasteiger partial charge in [0.1, 0.15) is 0 Å². The molecule has 1 aromatic carbocycles. The molecule has 0 unspecified atom stereocenters. The highest BCUT2D eigenvalue weighted by molar-refractivity contribution is 5.78. The Kier molecular flexibility index (Phi) is 6.21. The number of rotatable bonds is 7. The maximum absolute atomic E-state index is 12.0. The van der Waals surface area contributed by atoms with E-state index in [-0.39, 0.29) is 5.91 Å². The number of amides is 1. The second-order valence-electron chi connectivity index (χ2n) is 5.92. The topological polar surface area (TPSA) is 58.4 Å². The molecule has 1 fully saturated rings.